The van der Waals surface area contributed by atoms with Gasteiger partial charge in [0.1, 0.15) is 18.9 Å². The van der Waals surface area contributed by atoms with Gasteiger partial charge < -0.3 is 9.47 Å². The number of halogens is 1. The molecule has 1 aromatic heterocycles. The van der Waals surface area contributed by atoms with Crippen LogP contribution < -0.4 is 9.47 Å². The van der Waals surface area contributed by atoms with Crippen molar-refractivity contribution in [3.63, 3.8) is 0 Å². The van der Waals surface area contributed by atoms with E-state index in [0.29, 0.717) is 30.4 Å². The molecule has 1 aliphatic heterocycles. The summed E-state index contributed by atoms with van der Waals surface area (Å²) in [5, 5.41) is 15.2. The number of hydrogen-bond acceptors (Lipinski definition) is 5. The molecule has 2 heterocycles. The highest BCUT2D eigenvalue weighted by Gasteiger charge is 2.23. The number of nitrogens with zero attached hydrogens (tertiary/aromatic N) is 3. The summed E-state index contributed by atoms with van der Waals surface area (Å²) < 4.78 is 12.9. The van der Waals surface area contributed by atoms with E-state index < -0.39 is 4.92 Å². The molecule has 2 aromatic rings. The lowest BCUT2D eigenvalue weighted by Crippen LogP contribution is -2.16. The number of nitro groups is 1. The molecule has 0 saturated heterocycles. The normalized spacial score (nSPS) is 13.3. The van der Waals surface area contributed by atoms with Crippen LogP contribution in [-0.4, -0.2) is 27.9 Å². The highest BCUT2D eigenvalue weighted by Crippen LogP contribution is 2.38. The molecule has 1 aromatic carbocycles. The van der Waals surface area contributed by atoms with Crippen LogP contribution in [0.5, 0.6) is 11.5 Å². The van der Waals surface area contributed by atoms with E-state index in [9.17, 15) is 10.1 Å². The third-order valence-corrected chi connectivity index (χ3v) is 3.04. The van der Waals surface area contributed by atoms with E-state index in [-0.39, 0.29) is 5.69 Å². The summed E-state index contributed by atoms with van der Waals surface area (Å²) in [5.41, 5.74) is 0.250. The van der Waals surface area contributed by atoms with Gasteiger partial charge in [-0.2, -0.15) is 5.10 Å². The Morgan fingerprint density at radius 3 is 2.58 bits per heavy atom. The number of nitro benzene ring substituents is 1. The zero-order valence-corrected chi connectivity index (χ0v) is 11.2. The quantitative estimate of drug-likeness (QED) is 0.625. The second-order valence-electron chi connectivity index (χ2n) is 3.84. The van der Waals surface area contributed by atoms with E-state index in [1.807, 2.05) is 0 Å². The highest BCUT2D eigenvalue weighted by atomic mass is 79.9. The SMILES string of the molecule is O=[N+]([O-])c1cc2c(cc1-n1cc(Br)cn1)OCCO2. The lowest BCUT2D eigenvalue weighted by atomic mass is 10.2. The molecule has 3 rings (SSSR count). The van der Waals surface area contributed by atoms with Crippen LogP contribution in [0.4, 0.5) is 5.69 Å². The van der Waals surface area contributed by atoms with Gasteiger partial charge in [0.05, 0.1) is 21.7 Å². The van der Waals surface area contributed by atoms with E-state index in [1.165, 1.54) is 10.7 Å². The molecule has 98 valence electrons. The van der Waals surface area contributed by atoms with Gasteiger partial charge in [-0.05, 0) is 15.9 Å². The minimum Gasteiger partial charge on any atom is -0.486 e. The number of hydrogen-bond donors (Lipinski definition) is 0. The smallest absolute Gasteiger partial charge is 0.298 e. The van der Waals surface area contributed by atoms with Crippen LogP contribution in [-0.2, 0) is 0 Å². The van der Waals surface area contributed by atoms with Crippen molar-refractivity contribution >= 4 is 21.6 Å². The van der Waals surface area contributed by atoms with Gasteiger partial charge in [-0.1, -0.05) is 0 Å². The van der Waals surface area contributed by atoms with Gasteiger partial charge in [0.25, 0.3) is 5.69 Å². The van der Waals surface area contributed by atoms with Crippen molar-refractivity contribution in [3.05, 3.63) is 39.1 Å². The first kappa shape index (κ1) is 12.0. The highest BCUT2D eigenvalue weighted by molar-refractivity contribution is 9.10. The molecular weight excluding hydrogens is 318 g/mol. The molecule has 8 heteroatoms. The second-order valence-corrected chi connectivity index (χ2v) is 4.76. The van der Waals surface area contributed by atoms with E-state index >= 15 is 0 Å². The fraction of sp³-hybridized carbons (Fsp3) is 0.182. The molecule has 1 aliphatic rings. The zero-order chi connectivity index (χ0) is 13.4. The summed E-state index contributed by atoms with van der Waals surface area (Å²) in [7, 11) is 0. The first-order chi connectivity index (χ1) is 9.15. The largest absolute Gasteiger partial charge is 0.486 e. The summed E-state index contributed by atoms with van der Waals surface area (Å²) in [6.07, 6.45) is 3.19. The van der Waals surface area contributed by atoms with Crippen LogP contribution in [0.25, 0.3) is 5.69 Å². The summed E-state index contributed by atoms with van der Waals surface area (Å²) >= 11 is 3.26. The van der Waals surface area contributed by atoms with Crippen LogP contribution >= 0.6 is 15.9 Å². The number of ether oxygens (including phenoxy) is 2. The first-order valence-corrected chi connectivity index (χ1v) is 6.23. The molecular formula is C11H8BrN3O4. The van der Waals surface area contributed by atoms with Crippen molar-refractivity contribution in [3.8, 4) is 17.2 Å². The maximum Gasteiger partial charge on any atom is 0.298 e. The van der Waals surface area contributed by atoms with Crippen molar-refractivity contribution in [1.82, 2.24) is 9.78 Å². The van der Waals surface area contributed by atoms with E-state index in [4.69, 9.17) is 9.47 Å². The van der Waals surface area contributed by atoms with Gasteiger partial charge in [-0.3, -0.25) is 10.1 Å². The lowest BCUT2D eigenvalue weighted by Gasteiger charge is -2.18. The third kappa shape index (κ3) is 2.14. The van der Waals surface area contributed by atoms with Crippen LogP contribution in [0, 0.1) is 10.1 Å². The summed E-state index contributed by atoms with van der Waals surface area (Å²) in [5.74, 6) is 0.867. The first-order valence-electron chi connectivity index (χ1n) is 5.44. The fourth-order valence-electron chi connectivity index (χ4n) is 1.83. The number of aromatic nitrogens is 2. The number of fused-ring (bicyclic) bond motifs is 1. The van der Waals surface area contributed by atoms with Crippen LogP contribution in [0.2, 0.25) is 0 Å². The molecule has 0 atom stereocenters. The standard InChI is InChI=1S/C11H8BrN3O4/c12-7-5-13-14(6-7)8-3-10-11(19-2-1-18-10)4-9(8)15(16)17/h3-6H,1-2H2. The van der Waals surface area contributed by atoms with Crippen molar-refractivity contribution < 1.29 is 14.4 Å². The maximum absolute atomic E-state index is 11.1. The van der Waals surface area contributed by atoms with Gasteiger partial charge >= 0.3 is 0 Å². The molecule has 19 heavy (non-hydrogen) atoms. The predicted molar refractivity (Wildman–Crippen MR) is 68.9 cm³/mol. The Labute approximate surface area is 116 Å². The Hall–Kier alpha value is -2.09. The van der Waals surface area contributed by atoms with Crippen LogP contribution in [0.15, 0.2) is 29.0 Å². The molecule has 0 fully saturated rings. The van der Waals surface area contributed by atoms with Gasteiger partial charge in [-0.15, -0.1) is 0 Å². The minimum absolute atomic E-state index is 0.0835. The predicted octanol–water partition coefficient (Wildman–Crippen LogP) is 2.31. The minimum atomic E-state index is -0.469. The van der Waals surface area contributed by atoms with Crippen LogP contribution in [0.1, 0.15) is 0 Å². The Balaban J connectivity index is 2.18. The van der Waals surface area contributed by atoms with Crippen molar-refractivity contribution in [2.75, 3.05) is 13.2 Å². The average Bonchev–Trinajstić information content (AvgIpc) is 2.83. The van der Waals surface area contributed by atoms with Crippen LogP contribution in [0.3, 0.4) is 0 Å². The van der Waals surface area contributed by atoms with E-state index in [2.05, 4.69) is 21.0 Å². The monoisotopic (exact) mass is 325 g/mol. The third-order valence-electron chi connectivity index (χ3n) is 2.63. The molecule has 0 saturated carbocycles. The average molecular weight is 326 g/mol. The number of rotatable bonds is 2. The molecule has 0 aliphatic carbocycles. The van der Waals surface area contributed by atoms with E-state index in [0.717, 1.165) is 4.47 Å². The molecule has 0 radical (unpaired) electrons. The maximum atomic E-state index is 11.1. The molecule has 7 nitrogen and oxygen atoms in total. The molecule has 0 N–H and O–H groups in total. The van der Waals surface area contributed by atoms with Gasteiger partial charge in [0.15, 0.2) is 11.5 Å². The Morgan fingerprint density at radius 2 is 2.00 bits per heavy atom. The Morgan fingerprint density at radius 1 is 1.32 bits per heavy atom. The van der Waals surface area contributed by atoms with Gasteiger partial charge in [0.2, 0.25) is 0 Å². The van der Waals surface area contributed by atoms with Crippen molar-refractivity contribution in [2.45, 2.75) is 0 Å². The zero-order valence-electron chi connectivity index (χ0n) is 9.58. The van der Waals surface area contributed by atoms with Crippen molar-refractivity contribution in [2.24, 2.45) is 0 Å². The summed E-state index contributed by atoms with van der Waals surface area (Å²) in [6, 6.07) is 2.92. The summed E-state index contributed by atoms with van der Waals surface area (Å²) in [4.78, 5) is 10.7. The van der Waals surface area contributed by atoms with Gasteiger partial charge in [0, 0.05) is 12.3 Å². The lowest BCUT2D eigenvalue weighted by molar-refractivity contribution is -0.384. The summed E-state index contributed by atoms with van der Waals surface area (Å²) in [6.45, 7) is 0.809. The molecule has 0 spiro atoms. The second kappa shape index (κ2) is 4.54. The van der Waals surface area contributed by atoms with E-state index in [1.54, 1.807) is 18.5 Å². The fourth-order valence-corrected chi connectivity index (χ4v) is 2.12. The van der Waals surface area contributed by atoms with Gasteiger partial charge in [-0.25, -0.2) is 4.68 Å². The number of benzene rings is 1. The van der Waals surface area contributed by atoms with Crippen molar-refractivity contribution in [1.29, 1.82) is 0 Å². The molecule has 0 amide bonds. The Bertz CT molecular complexity index is 655. The molecule has 0 unspecified atom stereocenters. The Kier molecular flexibility index (Phi) is 2.86. The topological polar surface area (TPSA) is 79.4 Å². The molecule has 0 bridgehead atoms.